The Morgan fingerprint density at radius 3 is 2.19 bits per heavy atom. The molecular formula is C21H22ClNO2S. The Bertz CT molecular complexity index is 954. The Kier molecular flexibility index (Phi) is 4.44. The minimum absolute atomic E-state index is 0.349. The number of pyridine rings is 1. The monoisotopic (exact) mass is 387 g/mol. The summed E-state index contributed by atoms with van der Waals surface area (Å²) in [5.74, 6) is 0. The molecule has 1 heterocycles. The van der Waals surface area contributed by atoms with Crippen molar-refractivity contribution in [3.8, 4) is 0 Å². The molecule has 5 heteroatoms. The van der Waals surface area contributed by atoms with Gasteiger partial charge in [0.15, 0.2) is 9.84 Å². The predicted molar refractivity (Wildman–Crippen MR) is 106 cm³/mol. The van der Waals surface area contributed by atoms with Crippen molar-refractivity contribution in [2.75, 3.05) is 6.26 Å². The highest BCUT2D eigenvalue weighted by Gasteiger charge is 2.41. The Hall–Kier alpha value is -1.65. The second-order valence-corrected chi connectivity index (χ2v) is 10.1. The second-order valence-electron chi connectivity index (χ2n) is 7.68. The molecule has 136 valence electrons. The number of rotatable bonds is 3. The normalized spacial score (nSPS) is 19.5. The van der Waals surface area contributed by atoms with E-state index < -0.39 is 9.84 Å². The van der Waals surface area contributed by atoms with Gasteiger partial charge in [0, 0.05) is 12.5 Å². The lowest BCUT2D eigenvalue weighted by molar-refractivity contribution is 0.329. The Morgan fingerprint density at radius 1 is 0.962 bits per heavy atom. The van der Waals surface area contributed by atoms with Crippen LogP contribution in [-0.4, -0.2) is 19.7 Å². The molecule has 1 spiro atoms. The molecule has 2 aliphatic rings. The van der Waals surface area contributed by atoms with Crippen molar-refractivity contribution in [2.24, 2.45) is 5.41 Å². The number of benzene rings is 1. The minimum Gasteiger partial charge on any atom is -0.255 e. The lowest BCUT2D eigenvalue weighted by Gasteiger charge is -2.23. The van der Waals surface area contributed by atoms with Crippen molar-refractivity contribution < 1.29 is 8.42 Å². The molecule has 0 amide bonds. The smallest absolute Gasteiger partial charge is 0.175 e. The molecule has 0 unspecified atom stereocenters. The molecule has 1 aromatic heterocycles. The van der Waals surface area contributed by atoms with E-state index in [0.29, 0.717) is 15.3 Å². The number of nitrogens with zero attached hydrogens (tertiary/aromatic N) is 1. The molecule has 26 heavy (non-hydrogen) atoms. The van der Waals surface area contributed by atoms with Gasteiger partial charge in [0.1, 0.15) is 0 Å². The predicted octanol–water partition coefficient (Wildman–Crippen LogP) is 5.40. The minimum atomic E-state index is -3.18. The summed E-state index contributed by atoms with van der Waals surface area (Å²) in [6, 6.07) is 11.2. The zero-order valence-corrected chi connectivity index (χ0v) is 16.4. The van der Waals surface area contributed by atoms with E-state index in [-0.39, 0.29) is 0 Å². The van der Waals surface area contributed by atoms with E-state index in [0.717, 1.165) is 24.1 Å². The molecule has 0 atom stereocenters. The van der Waals surface area contributed by atoms with Crippen molar-refractivity contribution in [3.63, 3.8) is 0 Å². The third-order valence-corrected chi connectivity index (χ3v) is 7.15. The molecule has 0 N–H and O–H groups in total. The van der Waals surface area contributed by atoms with Gasteiger partial charge in [0.05, 0.1) is 15.6 Å². The second kappa shape index (κ2) is 6.50. The topological polar surface area (TPSA) is 47.0 Å². The first kappa shape index (κ1) is 17.7. The van der Waals surface area contributed by atoms with Crippen molar-refractivity contribution >= 4 is 32.6 Å². The van der Waals surface area contributed by atoms with Gasteiger partial charge in [-0.1, -0.05) is 36.6 Å². The van der Waals surface area contributed by atoms with Crippen molar-refractivity contribution in [2.45, 2.75) is 43.4 Å². The lowest BCUT2D eigenvalue weighted by Crippen LogP contribution is -2.11. The highest BCUT2D eigenvalue weighted by Crippen LogP contribution is 2.57. The number of sulfone groups is 1. The van der Waals surface area contributed by atoms with Crippen LogP contribution in [0, 0.1) is 5.41 Å². The van der Waals surface area contributed by atoms with E-state index >= 15 is 0 Å². The van der Waals surface area contributed by atoms with E-state index in [4.69, 9.17) is 11.6 Å². The summed E-state index contributed by atoms with van der Waals surface area (Å²) in [5, 5.41) is 0.641. The van der Waals surface area contributed by atoms with E-state index in [1.807, 2.05) is 24.3 Å². The van der Waals surface area contributed by atoms with Gasteiger partial charge in [-0.3, -0.25) is 4.98 Å². The maximum absolute atomic E-state index is 11.8. The quantitative estimate of drug-likeness (QED) is 0.707. The van der Waals surface area contributed by atoms with Crippen LogP contribution < -0.4 is 0 Å². The summed E-state index contributed by atoms with van der Waals surface area (Å²) in [4.78, 5) is 4.92. The molecular weight excluding hydrogens is 366 g/mol. The summed E-state index contributed by atoms with van der Waals surface area (Å²) < 4.78 is 23.5. The zero-order valence-electron chi connectivity index (χ0n) is 14.8. The van der Waals surface area contributed by atoms with Gasteiger partial charge in [0.25, 0.3) is 0 Å². The van der Waals surface area contributed by atoms with Crippen molar-refractivity contribution in [1.29, 1.82) is 0 Å². The van der Waals surface area contributed by atoms with Crippen molar-refractivity contribution in [3.05, 3.63) is 58.9 Å². The number of hydrogen-bond acceptors (Lipinski definition) is 3. The van der Waals surface area contributed by atoms with Gasteiger partial charge in [0.2, 0.25) is 0 Å². The van der Waals surface area contributed by atoms with Gasteiger partial charge >= 0.3 is 0 Å². The maximum Gasteiger partial charge on any atom is 0.175 e. The molecule has 3 nitrogen and oxygen atoms in total. The van der Waals surface area contributed by atoms with Crippen LogP contribution in [0.3, 0.4) is 0 Å². The van der Waals surface area contributed by atoms with Gasteiger partial charge in [-0.05, 0) is 72.1 Å². The fourth-order valence-corrected chi connectivity index (χ4v) is 5.23. The summed E-state index contributed by atoms with van der Waals surface area (Å²) in [5.41, 5.74) is 5.03. The van der Waals surface area contributed by atoms with Crippen LogP contribution in [-0.2, 0) is 9.84 Å². The maximum atomic E-state index is 11.8. The van der Waals surface area contributed by atoms with Crippen LogP contribution in [0.15, 0.2) is 47.5 Å². The number of hydrogen-bond donors (Lipinski definition) is 0. The summed E-state index contributed by atoms with van der Waals surface area (Å²) in [6.45, 7) is 0. The van der Waals surface area contributed by atoms with E-state index in [1.54, 1.807) is 18.3 Å². The van der Waals surface area contributed by atoms with Crippen LogP contribution in [0.2, 0.25) is 5.02 Å². The number of allylic oxidation sites excluding steroid dienone is 2. The van der Waals surface area contributed by atoms with Gasteiger partial charge in [-0.25, -0.2) is 8.42 Å². The average Bonchev–Trinajstić information content (AvgIpc) is 3.22. The third-order valence-electron chi connectivity index (χ3n) is 5.80. The van der Waals surface area contributed by atoms with Gasteiger partial charge in [-0.2, -0.15) is 0 Å². The Morgan fingerprint density at radius 2 is 1.62 bits per heavy atom. The highest BCUT2D eigenvalue weighted by molar-refractivity contribution is 7.90. The van der Waals surface area contributed by atoms with Crippen LogP contribution in [0.1, 0.15) is 49.8 Å². The van der Waals surface area contributed by atoms with Crippen LogP contribution in [0.5, 0.6) is 0 Å². The molecule has 0 radical (unpaired) electrons. The van der Waals surface area contributed by atoms with E-state index in [9.17, 15) is 8.42 Å². The molecule has 1 aromatic carbocycles. The lowest BCUT2D eigenvalue weighted by atomic mass is 9.81. The van der Waals surface area contributed by atoms with Gasteiger partial charge in [-0.15, -0.1) is 0 Å². The molecule has 0 aliphatic heterocycles. The summed E-state index contributed by atoms with van der Waals surface area (Å²) in [6.07, 6.45) is 10.1. The zero-order chi connectivity index (χ0) is 18.4. The number of aromatic nitrogens is 1. The molecule has 0 saturated heterocycles. The Balaban J connectivity index is 1.78. The van der Waals surface area contributed by atoms with Crippen LogP contribution >= 0.6 is 11.6 Å². The SMILES string of the molecule is CS(=O)(=O)c1ccc(C2=C(c3ccc(Cl)cn3)CC3(CCCC3)C2)cc1. The molecule has 4 rings (SSSR count). The first-order valence-electron chi connectivity index (χ1n) is 9.01. The molecule has 1 fully saturated rings. The Labute approximate surface area is 160 Å². The average molecular weight is 388 g/mol. The first-order chi connectivity index (χ1) is 12.4. The summed E-state index contributed by atoms with van der Waals surface area (Å²) >= 11 is 6.02. The number of halogens is 1. The molecule has 0 bridgehead atoms. The fraction of sp³-hybridized carbons (Fsp3) is 0.381. The summed E-state index contributed by atoms with van der Waals surface area (Å²) in [7, 11) is -3.18. The molecule has 2 aliphatic carbocycles. The van der Waals surface area contributed by atoms with E-state index in [2.05, 4.69) is 4.98 Å². The first-order valence-corrected chi connectivity index (χ1v) is 11.3. The fourth-order valence-electron chi connectivity index (χ4n) is 4.48. The molecule has 1 saturated carbocycles. The third kappa shape index (κ3) is 3.33. The largest absolute Gasteiger partial charge is 0.255 e. The standard InChI is InChI=1S/C21H22ClNO2S/c1-26(24,25)17-7-4-15(5-8-17)18-12-21(10-2-3-11-21)13-19(18)20-9-6-16(22)14-23-20/h4-9,14H,2-3,10-13H2,1H3. The molecule has 2 aromatic rings. The van der Waals surface area contributed by atoms with Crippen LogP contribution in [0.4, 0.5) is 0 Å². The van der Waals surface area contributed by atoms with Crippen LogP contribution in [0.25, 0.3) is 11.1 Å². The van der Waals surface area contributed by atoms with Gasteiger partial charge < -0.3 is 0 Å². The highest BCUT2D eigenvalue weighted by atomic mass is 35.5. The van der Waals surface area contributed by atoms with Crippen molar-refractivity contribution in [1.82, 2.24) is 4.98 Å². The van der Waals surface area contributed by atoms with E-state index in [1.165, 1.54) is 43.1 Å².